The third-order valence-corrected chi connectivity index (χ3v) is 11.6. The van der Waals surface area contributed by atoms with Gasteiger partial charge in [0.05, 0.1) is 0 Å². The van der Waals surface area contributed by atoms with Gasteiger partial charge in [-0.15, -0.1) is 0 Å². The number of esters is 3. The molecule has 1 unspecified atom stereocenters. The number of unbranched alkanes of at least 4 members (excludes halogenated alkanes) is 29. The zero-order chi connectivity index (χ0) is 45.1. The summed E-state index contributed by atoms with van der Waals surface area (Å²) in [5.41, 5.74) is 0. The number of carbonyl (C=O) groups excluding carboxylic acids is 3. The second-order valence-electron chi connectivity index (χ2n) is 17.8. The molecule has 6 nitrogen and oxygen atoms in total. The summed E-state index contributed by atoms with van der Waals surface area (Å²) in [5, 5.41) is 0. The fourth-order valence-corrected chi connectivity index (χ4v) is 7.57. The summed E-state index contributed by atoms with van der Waals surface area (Å²) in [5.74, 6) is -0.887. The van der Waals surface area contributed by atoms with Crippen LogP contribution in [0.2, 0.25) is 0 Å². The number of hydrogen-bond donors (Lipinski definition) is 0. The lowest BCUT2D eigenvalue weighted by molar-refractivity contribution is -0.167. The molecule has 0 saturated heterocycles. The second kappa shape index (κ2) is 51.0. The van der Waals surface area contributed by atoms with Gasteiger partial charge in [0.25, 0.3) is 0 Å². The fraction of sp³-hybridized carbons (Fsp3) is 0.804. The van der Waals surface area contributed by atoms with Crippen LogP contribution in [-0.4, -0.2) is 37.2 Å². The van der Waals surface area contributed by atoms with E-state index in [-0.39, 0.29) is 31.1 Å². The molecule has 0 aliphatic heterocycles. The smallest absolute Gasteiger partial charge is 0.306 e. The molecule has 62 heavy (non-hydrogen) atoms. The maximum Gasteiger partial charge on any atom is 0.306 e. The molecule has 0 bridgehead atoms. The van der Waals surface area contributed by atoms with Crippen LogP contribution in [0.4, 0.5) is 0 Å². The SMILES string of the molecule is CC/C=C\C/C=C\C/C=C\CCCCCCCCCC(=O)OCC(COC(=O)CCCCCCCCCCCCCC)OC(=O)CCCCCCC/C=C\CCCCCCCC. The lowest BCUT2D eigenvalue weighted by atomic mass is 10.0. The molecule has 0 spiro atoms. The second-order valence-corrected chi connectivity index (χ2v) is 17.8. The van der Waals surface area contributed by atoms with Gasteiger partial charge in [-0.05, 0) is 77.0 Å². The van der Waals surface area contributed by atoms with Gasteiger partial charge in [0.1, 0.15) is 13.2 Å². The monoisotopic (exact) mass is 869 g/mol. The molecular weight excluding hydrogens is 769 g/mol. The molecule has 0 amide bonds. The van der Waals surface area contributed by atoms with E-state index in [0.717, 1.165) is 89.9 Å². The minimum absolute atomic E-state index is 0.0771. The Hall–Kier alpha value is -2.63. The first-order chi connectivity index (χ1) is 30.5. The molecular formula is C56H100O6. The summed E-state index contributed by atoms with van der Waals surface area (Å²) in [6.45, 7) is 6.52. The molecule has 0 radical (unpaired) electrons. The Labute approximate surface area is 384 Å². The van der Waals surface area contributed by atoms with Crippen molar-refractivity contribution in [3.8, 4) is 0 Å². The Morgan fingerprint density at radius 3 is 1.00 bits per heavy atom. The van der Waals surface area contributed by atoms with Crippen LogP contribution in [0.3, 0.4) is 0 Å². The van der Waals surface area contributed by atoms with E-state index in [1.807, 2.05) is 0 Å². The Morgan fingerprint density at radius 1 is 0.339 bits per heavy atom. The minimum Gasteiger partial charge on any atom is -0.462 e. The number of rotatable bonds is 48. The lowest BCUT2D eigenvalue weighted by Crippen LogP contribution is -2.30. The summed E-state index contributed by atoms with van der Waals surface area (Å²) < 4.78 is 16.8. The highest BCUT2D eigenvalue weighted by atomic mass is 16.6. The molecule has 0 N–H and O–H groups in total. The quantitative estimate of drug-likeness (QED) is 0.0262. The first kappa shape index (κ1) is 59.4. The van der Waals surface area contributed by atoms with Crippen LogP contribution in [-0.2, 0) is 28.6 Å². The van der Waals surface area contributed by atoms with Crippen molar-refractivity contribution in [2.24, 2.45) is 0 Å². The van der Waals surface area contributed by atoms with Crippen molar-refractivity contribution in [1.82, 2.24) is 0 Å². The lowest BCUT2D eigenvalue weighted by Gasteiger charge is -2.18. The van der Waals surface area contributed by atoms with Crippen molar-refractivity contribution in [2.45, 2.75) is 277 Å². The van der Waals surface area contributed by atoms with Crippen LogP contribution in [0, 0.1) is 0 Å². The van der Waals surface area contributed by atoms with E-state index in [1.54, 1.807) is 0 Å². The normalized spacial score (nSPS) is 12.4. The van der Waals surface area contributed by atoms with E-state index in [0.29, 0.717) is 19.3 Å². The van der Waals surface area contributed by atoms with Gasteiger partial charge in [-0.25, -0.2) is 0 Å². The first-order valence-corrected chi connectivity index (χ1v) is 26.6. The molecule has 0 aromatic heterocycles. The molecule has 0 heterocycles. The highest BCUT2D eigenvalue weighted by Gasteiger charge is 2.19. The highest BCUT2D eigenvalue weighted by Crippen LogP contribution is 2.15. The predicted molar refractivity (Wildman–Crippen MR) is 265 cm³/mol. The van der Waals surface area contributed by atoms with Gasteiger partial charge in [0.15, 0.2) is 6.10 Å². The Morgan fingerprint density at radius 2 is 0.629 bits per heavy atom. The van der Waals surface area contributed by atoms with E-state index >= 15 is 0 Å². The Bertz CT molecular complexity index is 1090. The van der Waals surface area contributed by atoms with Gasteiger partial charge in [-0.1, -0.05) is 223 Å². The standard InChI is InChI=1S/C56H100O6/c1-4-7-10-13-16-19-22-25-27-28-30-31-34-37-40-43-46-49-55(58)61-52-53(51-60-54(57)48-45-42-39-36-33-24-21-18-15-12-9-6-3)62-56(59)50-47-44-41-38-35-32-29-26-23-20-17-14-11-8-5-2/h7,10,16,19,25-27,29,53H,4-6,8-9,11-15,17-18,20-24,28,30-52H2,1-3H3/b10-7-,19-16-,27-25-,29-26-. The summed E-state index contributed by atoms with van der Waals surface area (Å²) in [6.07, 6.45) is 60.9. The van der Waals surface area contributed by atoms with Crippen molar-refractivity contribution in [1.29, 1.82) is 0 Å². The van der Waals surface area contributed by atoms with Gasteiger partial charge >= 0.3 is 17.9 Å². The molecule has 0 aliphatic rings. The molecule has 1 atom stereocenters. The van der Waals surface area contributed by atoms with Crippen LogP contribution in [0.5, 0.6) is 0 Å². The maximum atomic E-state index is 12.8. The summed E-state index contributed by atoms with van der Waals surface area (Å²) >= 11 is 0. The number of carbonyl (C=O) groups is 3. The zero-order valence-electron chi connectivity index (χ0n) is 41.1. The van der Waals surface area contributed by atoms with Gasteiger partial charge in [0, 0.05) is 19.3 Å². The van der Waals surface area contributed by atoms with Gasteiger partial charge in [0.2, 0.25) is 0 Å². The summed E-state index contributed by atoms with van der Waals surface area (Å²) in [4.78, 5) is 38.0. The first-order valence-electron chi connectivity index (χ1n) is 26.6. The average Bonchev–Trinajstić information content (AvgIpc) is 3.27. The van der Waals surface area contributed by atoms with Crippen LogP contribution in [0.15, 0.2) is 48.6 Å². The molecule has 0 aromatic rings. The summed E-state index contributed by atoms with van der Waals surface area (Å²) in [7, 11) is 0. The zero-order valence-corrected chi connectivity index (χ0v) is 41.1. The Kier molecular flexibility index (Phi) is 48.8. The topological polar surface area (TPSA) is 78.9 Å². The number of ether oxygens (including phenoxy) is 3. The van der Waals surface area contributed by atoms with Crippen LogP contribution in [0.1, 0.15) is 271 Å². The van der Waals surface area contributed by atoms with E-state index < -0.39 is 6.10 Å². The third-order valence-electron chi connectivity index (χ3n) is 11.6. The van der Waals surface area contributed by atoms with E-state index in [9.17, 15) is 14.4 Å². The van der Waals surface area contributed by atoms with E-state index in [1.165, 1.54) is 141 Å². The van der Waals surface area contributed by atoms with Crippen LogP contribution < -0.4 is 0 Å². The number of allylic oxidation sites excluding steroid dienone is 8. The van der Waals surface area contributed by atoms with Crippen molar-refractivity contribution < 1.29 is 28.6 Å². The maximum absolute atomic E-state index is 12.8. The van der Waals surface area contributed by atoms with Crippen LogP contribution in [0.25, 0.3) is 0 Å². The molecule has 0 aromatic carbocycles. The molecule has 6 heteroatoms. The van der Waals surface area contributed by atoms with Gasteiger partial charge < -0.3 is 14.2 Å². The highest BCUT2D eigenvalue weighted by molar-refractivity contribution is 5.71. The van der Waals surface area contributed by atoms with Gasteiger partial charge in [-0.2, -0.15) is 0 Å². The predicted octanol–water partition coefficient (Wildman–Crippen LogP) is 17.5. The average molecular weight is 869 g/mol. The van der Waals surface area contributed by atoms with Crippen molar-refractivity contribution in [3.05, 3.63) is 48.6 Å². The molecule has 0 rings (SSSR count). The van der Waals surface area contributed by atoms with E-state index in [2.05, 4.69) is 69.4 Å². The van der Waals surface area contributed by atoms with Gasteiger partial charge in [-0.3, -0.25) is 14.4 Å². The largest absolute Gasteiger partial charge is 0.462 e. The molecule has 0 aliphatic carbocycles. The van der Waals surface area contributed by atoms with Crippen molar-refractivity contribution in [2.75, 3.05) is 13.2 Å². The van der Waals surface area contributed by atoms with Crippen LogP contribution >= 0.6 is 0 Å². The third kappa shape index (κ3) is 48.4. The van der Waals surface area contributed by atoms with E-state index in [4.69, 9.17) is 14.2 Å². The molecule has 360 valence electrons. The molecule has 0 saturated carbocycles. The minimum atomic E-state index is -0.778. The fourth-order valence-electron chi connectivity index (χ4n) is 7.57. The van der Waals surface area contributed by atoms with Crippen molar-refractivity contribution >= 4 is 17.9 Å². The molecule has 0 fully saturated rings. The Balaban J connectivity index is 4.37. The summed E-state index contributed by atoms with van der Waals surface area (Å²) in [6, 6.07) is 0. The van der Waals surface area contributed by atoms with Crippen molar-refractivity contribution in [3.63, 3.8) is 0 Å². The number of hydrogen-bond acceptors (Lipinski definition) is 6.